The molecule has 1 aromatic rings. The van der Waals surface area contributed by atoms with Crippen LogP contribution >= 0.6 is 0 Å². The molecule has 0 spiro atoms. The first-order valence-electron chi connectivity index (χ1n) is 3.75. The van der Waals surface area contributed by atoms with Gasteiger partial charge in [0.15, 0.2) is 5.43 Å². The maximum atomic E-state index is 10.8. The number of hydrogen-bond acceptors (Lipinski definition) is 2. The second kappa shape index (κ2) is 3.81. The molecule has 0 atom stereocenters. The fraction of sp³-hybridized carbons (Fsp3) is 0.375. The largest absolute Gasteiger partial charge is 0.372 e. The van der Waals surface area contributed by atoms with Crippen LogP contribution in [0.4, 0.5) is 5.82 Å². The smallest absolute Gasteiger partial charge is 0.183 e. The fourth-order valence-corrected chi connectivity index (χ4v) is 0.807. The quantitative estimate of drug-likeness (QED) is 0.683. The van der Waals surface area contributed by atoms with E-state index in [-0.39, 0.29) is 5.43 Å². The highest BCUT2D eigenvalue weighted by molar-refractivity contribution is 5.32. The van der Waals surface area contributed by atoms with Gasteiger partial charge in [-0.05, 0) is 6.42 Å². The van der Waals surface area contributed by atoms with Gasteiger partial charge < -0.3 is 10.3 Å². The molecule has 0 aromatic carbocycles. The molecule has 3 heteroatoms. The average molecular weight is 152 g/mol. The average Bonchev–Trinajstić information content (AvgIpc) is 2.01. The van der Waals surface area contributed by atoms with Gasteiger partial charge in [-0.1, -0.05) is 6.92 Å². The van der Waals surface area contributed by atoms with E-state index in [1.54, 1.807) is 12.3 Å². The normalized spacial score (nSPS) is 9.55. The van der Waals surface area contributed by atoms with E-state index in [4.69, 9.17) is 0 Å². The third-order valence-electron chi connectivity index (χ3n) is 1.34. The summed E-state index contributed by atoms with van der Waals surface area (Å²) in [6, 6.07) is 3.05. The lowest BCUT2D eigenvalue weighted by Crippen LogP contribution is -2.05. The second-order valence-corrected chi connectivity index (χ2v) is 2.36. The third-order valence-corrected chi connectivity index (χ3v) is 1.34. The molecule has 60 valence electrons. The van der Waals surface area contributed by atoms with Crippen LogP contribution in [0.3, 0.4) is 0 Å². The van der Waals surface area contributed by atoms with Crippen molar-refractivity contribution in [3.8, 4) is 0 Å². The molecule has 1 rings (SSSR count). The van der Waals surface area contributed by atoms with Crippen molar-refractivity contribution in [3.05, 3.63) is 28.6 Å². The number of aromatic amines is 1. The predicted octanol–water partition coefficient (Wildman–Crippen LogP) is 1.20. The fourth-order valence-electron chi connectivity index (χ4n) is 0.807. The van der Waals surface area contributed by atoms with Gasteiger partial charge in [0.2, 0.25) is 0 Å². The minimum Gasteiger partial charge on any atom is -0.372 e. The summed E-state index contributed by atoms with van der Waals surface area (Å²) >= 11 is 0. The number of rotatable bonds is 3. The number of H-pyrrole nitrogens is 1. The third kappa shape index (κ3) is 2.45. The van der Waals surface area contributed by atoms with Gasteiger partial charge in [-0.15, -0.1) is 0 Å². The van der Waals surface area contributed by atoms with E-state index in [2.05, 4.69) is 17.2 Å². The molecule has 1 heterocycles. The molecule has 0 radical (unpaired) electrons. The highest BCUT2D eigenvalue weighted by atomic mass is 16.1. The molecule has 1 aromatic heterocycles. The zero-order valence-corrected chi connectivity index (χ0v) is 6.55. The van der Waals surface area contributed by atoms with Gasteiger partial charge in [-0.25, -0.2) is 0 Å². The van der Waals surface area contributed by atoms with Crippen LogP contribution in [-0.4, -0.2) is 11.5 Å². The van der Waals surface area contributed by atoms with E-state index in [0.29, 0.717) is 0 Å². The van der Waals surface area contributed by atoms with Gasteiger partial charge in [-0.2, -0.15) is 0 Å². The molecule has 2 N–H and O–H groups in total. The van der Waals surface area contributed by atoms with Gasteiger partial charge in [-0.3, -0.25) is 4.79 Å². The highest BCUT2D eigenvalue weighted by Gasteiger charge is 1.88. The van der Waals surface area contributed by atoms with Crippen molar-refractivity contribution < 1.29 is 0 Å². The standard InChI is InChI=1S/C8H12N2O/c1-2-4-9-8-6-7(11)3-5-10-8/h3,5-6H,2,4H2,1H3,(H2,9,10,11). The summed E-state index contributed by atoms with van der Waals surface area (Å²) in [6.45, 7) is 2.97. The number of pyridine rings is 1. The molecule has 0 aliphatic carbocycles. The minimum atomic E-state index is 0.0300. The number of aromatic nitrogens is 1. The van der Waals surface area contributed by atoms with Crippen molar-refractivity contribution in [2.24, 2.45) is 0 Å². The van der Waals surface area contributed by atoms with Crippen LogP contribution in [0.15, 0.2) is 23.1 Å². The predicted molar refractivity (Wildman–Crippen MR) is 45.8 cm³/mol. The highest BCUT2D eigenvalue weighted by Crippen LogP contribution is 1.94. The molecule has 0 bridgehead atoms. The second-order valence-electron chi connectivity index (χ2n) is 2.36. The summed E-state index contributed by atoms with van der Waals surface area (Å²) in [5.74, 6) is 0.791. The molecule has 0 saturated heterocycles. The van der Waals surface area contributed by atoms with Crippen molar-refractivity contribution in [1.29, 1.82) is 0 Å². The summed E-state index contributed by atoms with van der Waals surface area (Å²) < 4.78 is 0. The monoisotopic (exact) mass is 152 g/mol. The van der Waals surface area contributed by atoms with Crippen LogP contribution in [-0.2, 0) is 0 Å². The Hall–Kier alpha value is -1.25. The summed E-state index contributed by atoms with van der Waals surface area (Å²) in [4.78, 5) is 13.7. The van der Waals surface area contributed by atoms with Crippen molar-refractivity contribution >= 4 is 5.82 Å². The molecule has 0 aliphatic rings. The van der Waals surface area contributed by atoms with Crippen LogP contribution in [0, 0.1) is 0 Å². The first-order valence-corrected chi connectivity index (χ1v) is 3.75. The summed E-state index contributed by atoms with van der Waals surface area (Å²) in [5, 5.41) is 3.08. The van der Waals surface area contributed by atoms with E-state index >= 15 is 0 Å². The Morgan fingerprint density at radius 2 is 2.45 bits per heavy atom. The first kappa shape index (κ1) is 7.85. The van der Waals surface area contributed by atoms with E-state index in [0.717, 1.165) is 18.8 Å². The topological polar surface area (TPSA) is 44.9 Å². The van der Waals surface area contributed by atoms with Crippen molar-refractivity contribution in [2.75, 3.05) is 11.9 Å². The summed E-state index contributed by atoms with van der Waals surface area (Å²) in [5.41, 5.74) is 0.0300. The Labute approximate surface area is 65.5 Å². The Morgan fingerprint density at radius 1 is 1.64 bits per heavy atom. The summed E-state index contributed by atoms with van der Waals surface area (Å²) in [6.07, 6.45) is 2.69. The van der Waals surface area contributed by atoms with Crippen molar-refractivity contribution in [3.63, 3.8) is 0 Å². The van der Waals surface area contributed by atoms with E-state index in [1.807, 2.05) is 0 Å². The zero-order chi connectivity index (χ0) is 8.10. The Kier molecular flexibility index (Phi) is 2.72. The molecule has 0 unspecified atom stereocenters. The zero-order valence-electron chi connectivity index (χ0n) is 6.55. The van der Waals surface area contributed by atoms with Crippen LogP contribution in [0.25, 0.3) is 0 Å². The number of anilines is 1. The van der Waals surface area contributed by atoms with Gasteiger partial charge >= 0.3 is 0 Å². The Morgan fingerprint density at radius 3 is 3.09 bits per heavy atom. The van der Waals surface area contributed by atoms with Gasteiger partial charge in [0.25, 0.3) is 0 Å². The lowest BCUT2D eigenvalue weighted by atomic mass is 10.4. The molecule has 11 heavy (non-hydrogen) atoms. The van der Waals surface area contributed by atoms with Crippen molar-refractivity contribution in [1.82, 2.24) is 4.98 Å². The van der Waals surface area contributed by atoms with Gasteiger partial charge in [0, 0.05) is 24.9 Å². The lowest BCUT2D eigenvalue weighted by Gasteiger charge is -2.01. The number of hydrogen-bond donors (Lipinski definition) is 2. The van der Waals surface area contributed by atoms with Gasteiger partial charge in [0.05, 0.1) is 0 Å². The van der Waals surface area contributed by atoms with E-state index < -0.39 is 0 Å². The molecule has 0 aliphatic heterocycles. The first-order chi connectivity index (χ1) is 5.33. The lowest BCUT2D eigenvalue weighted by molar-refractivity contribution is 0.968. The van der Waals surface area contributed by atoms with Crippen LogP contribution in [0.1, 0.15) is 13.3 Å². The molecule has 0 fully saturated rings. The maximum absolute atomic E-state index is 10.8. The molecule has 0 saturated carbocycles. The van der Waals surface area contributed by atoms with Crippen LogP contribution < -0.4 is 10.7 Å². The molecule has 0 amide bonds. The van der Waals surface area contributed by atoms with Gasteiger partial charge in [0.1, 0.15) is 5.82 Å². The van der Waals surface area contributed by atoms with E-state index in [1.165, 1.54) is 6.07 Å². The van der Waals surface area contributed by atoms with Crippen LogP contribution in [0.5, 0.6) is 0 Å². The van der Waals surface area contributed by atoms with Crippen molar-refractivity contribution in [2.45, 2.75) is 13.3 Å². The molecular weight excluding hydrogens is 140 g/mol. The van der Waals surface area contributed by atoms with E-state index in [9.17, 15) is 4.79 Å². The maximum Gasteiger partial charge on any atom is 0.183 e. The minimum absolute atomic E-state index is 0.0300. The SMILES string of the molecule is CCCNc1cc(=O)cc[nH]1. The Bertz CT molecular complexity index is 267. The van der Waals surface area contributed by atoms with Crippen LogP contribution in [0.2, 0.25) is 0 Å². The Balaban J connectivity index is 2.64. The summed E-state index contributed by atoms with van der Waals surface area (Å²) in [7, 11) is 0. The number of nitrogens with one attached hydrogen (secondary N) is 2. The molecular formula is C8H12N2O. The molecule has 3 nitrogen and oxygen atoms in total.